The summed E-state index contributed by atoms with van der Waals surface area (Å²) in [6.07, 6.45) is 2.70. The second-order valence-corrected chi connectivity index (χ2v) is 4.48. The summed E-state index contributed by atoms with van der Waals surface area (Å²) >= 11 is 0. The molecule has 0 fully saturated rings. The Morgan fingerprint density at radius 2 is 2.27 bits per heavy atom. The molecule has 0 saturated carbocycles. The molecule has 0 aromatic rings. The standard InChI is InChI=1S/C4H8O5P2/c1-2-3-4-11(7,8)9-10(5)6/h2-3H,4H2,1H3,(H-,5,6,7,8)/p+1. The average Bonchev–Trinajstić information content (AvgIpc) is 1.81. The Morgan fingerprint density at radius 1 is 1.73 bits per heavy atom. The Balaban J connectivity index is 4.01. The van der Waals surface area contributed by atoms with Gasteiger partial charge in [-0.05, 0) is 11.2 Å². The van der Waals surface area contributed by atoms with Crippen molar-refractivity contribution in [3.63, 3.8) is 0 Å². The summed E-state index contributed by atoms with van der Waals surface area (Å²) in [7, 11) is -6.89. The van der Waals surface area contributed by atoms with Crippen LogP contribution in [0.3, 0.4) is 0 Å². The van der Waals surface area contributed by atoms with E-state index in [0.29, 0.717) is 0 Å². The molecule has 5 nitrogen and oxygen atoms in total. The third-order valence-electron chi connectivity index (χ3n) is 0.769. The van der Waals surface area contributed by atoms with Gasteiger partial charge in [0, 0.05) is 4.57 Å². The van der Waals surface area contributed by atoms with Gasteiger partial charge in [0.2, 0.25) is 0 Å². The highest BCUT2D eigenvalue weighted by molar-refractivity contribution is 7.59. The zero-order chi connectivity index (χ0) is 8.91. The van der Waals surface area contributed by atoms with Crippen LogP contribution in [0.25, 0.3) is 0 Å². The molecule has 0 amide bonds. The first kappa shape index (κ1) is 11.0. The molecule has 0 radical (unpaired) electrons. The SMILES string of the molecule is CC=CCP(=O)(O)O[P+](=O)O. The van der Waals surface area contributed by atoms with Gasteiger partial charge in [-0.15, -0.1) is 4.89 Å². The Hall–Kier alpha value is -0.0500. The Kier molecular flexibility index (Phi) is 4.73. The van der Waals surface area contributed by atoms with E-state index in [4.69, 9.17) is 9.79 Å². The summed E-state index contributed by atoms with van der Waals surface area (Å²) in [5.41, 5.74) is 0. The first-order valence-corrected chi connectivity index (χ1v) is 5.66. The Morgan fingerprint density at radius 3 is 2.64 bits per heavy atom. The highest BCUT2D eigenvalue weighted by atomic mass is 31.2. The van der Waals surface area contributed by atoms with E-state index in [1.54, 1.807) is 13.0 Å². The van der Waals surface area contributed by atoms with Crippen LogP contribution in [0.4, 0.5) is 0 Å². The molecule has 0 aliphatic heterocycles. The van der Waals surface area contributed by atoms with E-state index < -0.39 is 15.9 Å². The van der Waals surface area contributed by atoms with Crippen molar-refractivity contribution in [1.29, 1.82) is 0 Å². The summed E-state index contributed by atoms with van der Waals surface area (Å²) in [5.74, 6) is 0. The highest BCUT2D eigenvalue weighted by Crippen LogP contribution is 2.49. The zero-order valence-electron chi connectivity index (χ0n) is 5.88. The molecular formula is C4H9O5P2+. The van der Waals surface area contributed by atoms with Crippen molar-refractivity contribution in [2.24, 2.45) is 0 Å². The number of hydrogen-bond donors (Lipinski definition) is 2. The van der Waals surface area contributed by atoms with Crippen molar-refractivity contribution in [1.82, 2.24) is 0 Å². The van der Waals surface area contributed by atoms with Gasteiger partial charge in [-0.2, -0.15) is 0 Å². The molecule has 0 heterocycles. The van der Waals surface area contributed by atoms with Gasteiger partial charge in [0.25, 0.3) is 0 Å². The molecule has 64 valence electrons. The fourth-order valence-electron chi connectivity index (χ4n) is 0.381. The predicted octanol–water partition coefficient (Wildman–Crippen LogP) is 1.41. The van der Waals surface area contributed by atoms with E-state index in [-0.39, 0.29) is 6.16 Å². The van der Waals surface area contributed by atoms with Gasteiger partial charge in [0.1, 0.15) is 0 Å². The van der Waals surface area contributed by atoms with E-state index in [1.165, 1.54) is 6.08 Å². The lowest BCUT2D eigenvalue weighted by molar-refractivity contribution is 0.353. The van der Waals surface area contributed by atoms with Crippen molar-refractivity contribution in [3.05, 3.63) is 12.2 Å². The normalized spacial score (nSPS) is 18.3. The minimum atomic E-state index is -3.89. The Labute approximate surface area is 65.2 Å². The minimum Gasteiger partial charge on any atom is -0.321 e. The quantitative estimate of drug-likeness (QED) is 0.528. The van der Waals surface area contributed by atoms with E-state index in [0.717, 1.165) is 0 Å². The molecule has 0 aliphatic carbocycles. The van der Waals surface area contributed by atoms with Gasteiger partial charge < -0.3 is 4.89 Å². The van der Waals surface area contributed by atoms with Crippen LogP contribution in [0.5, 0.6) is 0 Å². The van der Waals surface area contributed by atoms with Crippen LogP contribution in [0, 0.1) is 0 Å². The largest absolute Gasteiger partial charge is 0.703 e. The van der Waals surface area contributed by atoms with Gasteiger partial charge in [-0.25, -0.2) is 0 Å². The second-order valence-electron chi connectivity index (χ2n) is 1.71. The summed E-state index contributed by atoms with van der Waals surface area (Å²) in [4.78, 5) is 16.9. The smallest absolute Gasteiger partial charge is 0.321 e. The maximum atomic E-state index is 10.7. The van der Waals surface area contributed by atoms with Crippen molar-refractivity contribution in [2.45, 2.75) is 6.92 Å². The summed E-state index contributed by atoms with van der Waals surface area (Å²) in [6, 6.07) is 0. The van der Waals surface area contributed by atoms with Gasteiger partial charge in [0.05, 0.1) is 6.16 Å². The van der Waals surface area contributed by atoms with Gasteiger partial charge in [0.15, 0.2) is 0 Å². The predicted molar refractivity (Wildman–Crippen MR) is 40.4 cm³/mol. The summed E-state index contributed by atoms with van der Waals surface area (Å²) in [5, 5.41) is 0. The topological polar surface area (TPSA) is 83.8 Å². The molecule has 2 N–H and O–H groups in total. The molecule has 0 aliphatic rings. The van der Waals surface area contributed by atoms with E-state index in [2.05, 4.69) is 4.31 Å². The molecule has 0 spiro atoms. The lowest BCUT2D eigenvalue weighted by atomic mass is 10.6. The number of rotatable bonds is 4. The number of hydrogen-bond acceptors (Lipinski definition) is 3. The van der Waals surface area contributed by atoms with E-state index in [1.807, 2.05) is 0 Å². The van der Waals surface area contributed by atoms with Crippen LogP contribution < -0.4 is 0 Å². The minimum absolute atomic E-state index is 0.245. The summed E-state index contributed by atoms with van der Waals surface area (Å²) in [6.45, 7) is 1.67. The Bertz CT molecular complexity index is 211. The first-order chi connectivity index (χ1) is 4.98. The van der Waals surface area contributed by atoms with Crippen molar-refractivity contribution in [3.8, 4) is 0 Å². The van der Waals surface area contributed by atoms with Gasteiger partial charge in [-0.3, -0.25) is 4.57 Å². The maximum absolute atomic E-state index is 10.7. The fourth-order valence-corrected chi connectivity index (χ4v) is 2.00. The van der Waals surface area contributed by atoms with Crippen LogP contribution >= 0.6 is 15.9 Å². The zero-order valence-corrected chi connectivity index (χ0v) is 7.66. The maximum Gasteiger partial charge on any atom is 0.703 e. The van der Waals surface area contributed by atoms with Crippen LogP contribution in [0.15, 0.2) is 12.2 Å². The average molecular weight is 199 g/mol. The molecule has 2 atom stereocenters. The molecule has 0 rings (SSSR count). The van der Waals surface area contributed by atoms with Crippen LogP contribution in [0.2, 0.25) is 0 Å². The molecule has 0 aromatic carbocycles. The lowest BCUT2D eigenvalue weighted by Crippen LogP contribution is -1.85. The molecule has 0 aromatic heterocycles. The third-order valence-corrected chi connectivity index (χ3v) is 3.02. The summed E-state index contributed by atoms with van der Waals surface area (Å²) < 4.78 is 24.5. The molecule has 2 unspecified atom stereocenters. The second kappa shape index (κ2) is 4.75. The first-order valence-electron chi connectivity index (χ1n) is 2.77. The van der Waals surface area contributed by atoms with Gasteiger partial charge in [-0.1, -0.05) is 12.2 Å². The monoisotopic (exact) mass is 199 g/mol. The van der Waals surface area contributed by atoms with Crippen LogP contribution in [-0.4, -0.2) is 15.9 Å². The molecular weight excluding hydrogens is 190 g/mol. The van der Waals surface area contributed by atoms with E-state index in [9.17, 15) is 9.13 Å². The van der Waals surface area contributed by atoms with E-state index >= 15 is 0 Å². The van der Waals surface area contributed by atoms with Crippen LogP contribution in [0.1, 0.15) is 6.92 Å². The van der Waals surface area contributed by atoms with Crippen LogP contribution in [-0.2, 0) is 13.4 Å². The fraction of sp³-hybridized carbons (Fsp3) is 0.500. The highest BCUT2D eigenvalue weighted by Gasteiger charge is 2.30. The molecule has 11 heavy (non-hydrogen) atoms. The molecule has 7 heteroatoms. The van der Waals surface area contributed by atoms with Crippen molar-refractivity contribution in [2.75, 3.05) is 6.16 Å². The third kappa shape index (κ3) is 6.35. The van der Waals surface area contributed by atoms with Gasteiger partial charge >= 0.3 is 15.9 Å². The van der Waals surface area contributed by atoms with Crippen molar-refractivity contribution >= 4 is 15.9 Å². The van der Waals surface area contributed by atoms with Crippen molar-refractivity contribution < 1.29 is 23.2 Å². The molecule has 0 saturated heterocycles. The number of allylic oxidation sites excluding steroid dienone is 2. The molecule has 0 bridgehead atoms. The lowest BCUT2D eigenvalue weighted by Gasteiger charge is -1.96.